The number of hydrogen-bond acceptors (Lipinski definition) is 5. The smallest absolute Gasteiger partial charge is 0.226 e. The minimum atomic E-state index is 0.162. The van der Waals surface area contributed by atoms with E-state index in [1.54, 1.807) is 6.20 Å². The molecule has 0 spiro atoms. The summed E-state index contributed by atoms with van der Waals surface area (Å²) in [6.45, 7) is 2.29. The molecule has 1 amide bonds. The molecule has 3 N–H and O–H groups in total. The molecule has 2 fully saturated rings. The second kappa shape index (κ2) is 7.05. The minimum absolute atomic E-state index is 0.162. The molecule has 0 unspecified atom stereocenters. The molecule has 1 aliphatic heterocycles. The van der Waals surface area contributed by atoms with Crippen LogP contribution in [0.5, 0.6) is 0 Å². The van der Waals surface area contributed by atoms with E-state index in [-0.39, 0.29) is 5.92 Å². The van der Waals surface area contributed by atoms with Gasteiger partial charge in [0.25, 0.3) is 0 Å². The third kappa shape index (κ3) is 3.38. The molecule has 2 heterocycles. The van der Waals surface area contributed by atoms with Gasteiger partial charge in [-0.3, -0.25) is 4.79 Å². The number of aromatic nitrogens is 2. The lowest BCUT2D eigenvalue weighted by Crippen LogP contribution is -2.46. The van der Waals surface area contributed by atoms with Crippen LogP contribution in [0.15, 0.2) is 18.3 Å². The summed E-state index contributed by atoms with van der Waals surface area (Å²) in [7, 11) is 0. The molecule has 6 heteroatoms. The Bertz CT molecular complexity index is 487. The fraction of sp³-hybridized carbons (Fsp3) is 0.688. The second-order valence-corrected chi connectivity index (χ2v) is 6.39. The van der Waals surface area contributed by atoms with E-state index in [9.17, 15) is 4.79 Å². The number of anilines is 1. The number of likely N-dealkylation sites (tertiary alicyclic amines) is 1. The summed E-state index contributed by atoms with van der Waals surface area (Å²) in [5.41, 5.74) is 5.81. The number of nitrogens with two attached hydrogens (primary N) is 1. The number of nitrogens with zero attached hydrogens (tertiary/aromatic N) is 3. The van der Waals surface area contributed by atoms with Gasteiger partial charge in [0.2, 0.25) is 5.91 Å². The number of amides is 1. The highest BCUT2D eigenvalue weighted by Crippen LogP contribution is 2.33. The summed E-state index contributed by atoms with van der Waals surface area (Å²) in [6, 6.07) is 4.17. The van der Waals surface area contributed by atoms with Crippen molar-refractivity contribution in [3.63, 3.8) is 0 Å². The van der Waals surface area contributed by atoms with E-state index in [0.717, 1.165) is 51.0 Å². The van der Waals surface area contributed by atoms with E-state index >= 15 is 0 Å². The molecule has 6 nitrogen and oxygen atoms in total. The molecule has 2 atom stereocenters. The molecule has 1 saturated heterocycles. The number of piperidine rings is 1. The maximum Gasteiger partial charge on any atom is 0.226 e. The Morgan fingerprint density at radius 1 is 1.32 bits per heavy atom. The fourth-order valence-corrected chi connectivity index (χ4v) is 3.71. The monoisotopic (exact) mass is 303 g/mol. The van der Waals surface area contributed by atoms with Crippen molar-refractivity contribution < 1.29 is 4.79 Å². The molecule has 1 aromatic rings. The molecule has 0 aromatic carbocycles. The number of hydrogen-bond donors (Lipinski definition) is 2. The van der Waals surface area contributed by atoms with Gasteiger partial charge in [-0.2, -0.15) is 5.10 Å². The van der Waals surface area contributed by atoms with E-state index in [2.05, 4.69) is 15.5 Å². The molecular formula is C16H25N5O. The molecule has 0 bridgehead atoms. The highest BCUT2D eigenvalue weighted by molar-refractivity contribution is 5.79. The average molecular weight is 303 g/mol. The van der Waals surface area contributed by atoms with E-state index in [1.165, 1.54) is 0 Å². The molecule has 1 saturated carbocycles. The van der Waals surface area contributed by atoms with Crippen LogP contribution in [0.3, 0.4) is 0 Å². The van der Waals surface area contributed by atoms with Gasteiger partial charge in [-0.25, -0.2) is 0 Å². The Kier molecular flexibility index (Phi) is 4.87. The second-order valence-electron chi connectivity index (χ2n) is 6.39. The van der Waals surface area contributed by atoms with Crippen molar-refractivity contribution in [3.8, 4) is 0 Å². The van der Waals surface area contributed by atoms with Crippen LogP contribution in [0.2, 0.25) is 0 Å². The molecule has 1 aliphatic carbocycles. The van der Waals surface area contributed by atoms with Gasteiger partial charge in [0.15, 0.2) is 0 Å². The lowest BCUT2D eigenvalue weighted by Gasteiger charge is -2.35. The first-order valence-electron chi connectivity index (χ1n) is 8.31. The van der Waals surface area contributed by atoms with Gasteiger partial charge in [-0.1, -0.05) is 6.42 Å². The number of nitrogens with one attached hydrogen (secondary N) is 1. The molecular weight excluding hydrogens is 278 g/mol. The predicted molar refractivity (Wildman–Crippen MR) is 85.1 cm³/mol. The van der Waals surface area contributed by atoms with Crippen LogP contribution in [-0.2, 0) is 4.79 Å². The summed E-state index contributed by atoms with van der Waals surface area (Å²) in [4.78, 5) is 14.7. The maximum absolute atomic E-state index is 12.7. The normalized spacial score (nSPS) is 26.1. The predicted octanol–water partition coefficient (Wildman–Crippen LogP) is 1.25. The third-order valence-electron chi connectivity index (χ3n) is 5.01. The van der Waals surface area contributed by atoms with E-state index in [4.69, 9.17) is 5.73 Å². The molecule has 2 aliphatic rings. The van der Waals surface area contributed by atoms with E-state index in [1.807, 2.05) is 17.0 Å². The van der Waals surface area contributed by atoms with E-state index < -0.39 is 0 Å². The van der Waals surface area contributed by atoms with Gasteiger partial charge < -0.3 is 16.0 Å². The van der Waals surface area contributed by atoms with Crippen LogP contribution < -0.4 is 11.1 Å². The first-order valence-corrected chi connectivity index (χ1v) is 8.31. The summed E-state index contributed by atoms with van der Waals surface area (Å²) in [5, 5.41) is 11.3. The number of carbonyl (C=O) groups excluding carboxylic acids is 1. The Balaban J connectivity index is 1.50. The summed E-state index contributed by atoms with van der Waals surface area (Å²) >= 11 is 0. The minimum Gasteiger partial charge on any atom is -0.366 e. The van der Waals surface area contributed by atoms with Crippen molar-refractivity contribution in [3.05, 3.63) is 18.3 Å². The maximum atomic E-state index is 12.7. The van der Waals surface area contributed by atoms with Crippen molar-refractivity contribution in [2.75, 3.05) is 25.0 Å². The fourth-order valence-electron chi connectivity index (χ4n) is 3.71. The SMILES string of the molecule is NC[C@H]1CCC[C@H]1C(=O)N1CCC(Nc2cccnn2)CC1. The van der Waals surface area contributed by atoms with Gasteiger partial charge in [-0.05, 0) is 50.3 Å². The van der Waals surface area contributed by atoms with Crippen molar-refractivity contribution >= 4 is 11.7 Å². The van der Waals surface area contributed by atoms with Crippen LogP contribution in [0.25, 0.3) is 0 Å². The zero-order chi connectivity index (χ0) is 15.4. The Hall–Kier alpha value is -1.69. The third-order valence-corrected chi connectivity index (χ3v) is 5.01. The van der Waals surface area contributed by atoms with Gasteiger partial charge in [0.05, 0.1) is 0 Å². The summed E-state index contributed by atoms with van der Waals surface area (Å²) < 4.78 is 0. The van der Waals surface area contributed by atoms with Crippen molar-refractivity contribution in [1.29, 1.82) is 0 Å². The van der Waals surface area contributed by atoms with Gasteiger partial charge >= 0.3 is 0 Å². The molecule has 22 heavy (non-hydrogen) atoms. The largest absolute Gasteiger partial charge is 0.366 e. The Morgan fingerprint density at radius 3 is 2.82 bits per heavy atom. The average Bonchev–Trinajstić information content (AvgIpc) is 3.04. The lowest BCUT2D eigenvalue weighted by molar-refractivity contribution is -0.137. The Morgan fingerprint density at radius 2 is 2.14 bits per heavy atom. The zero-order valence-corrected chi connectivity index (χ0v) is 12.9. The summed E-state index contributed by atoms with van der Waals surface area (Å²) in [6.07, 6.45) is 6.85. The van der Waals surface area contributed by atoms with Gasteiger partial charge in [-0.15, -0.1) is 5.10 Å². The molecule has 0 radical (unpaired) electrons. The number of rotatable bonds is 4. The van der Waals surface area contributed by atoms with Crippen LogP contribution >= 0.6 is 0 Å². The lowest BCUT2D eigenvalue weighted by atomic mass is 9.93. The molecule has 1 aromatic heterocycles. The van der Waals surface area contributed by atoms with Crippen molar-refractivity contribution in [2.24, 2.45) is 17.6 Å². The first kappa shape index (κ1) is 15.2. The van der Waals surface area contributed by atoms with Gasteiger partial charge in [0, 0.05) is 31.2 Å². The van der Waals surface area contributed by atoms with Crippen LogP contribution in [0, 0.1) is 11.8 Å². The van der Waals surface area contributed by atoms with Crippen LogP contribution in [0.4, 0.5) is 5.82 Å². The number of carbonyl (C=O) groups is 1. The van der Waals surface area contributed by atoms with Gasteiger partial charge in [0.1, 0.15) is 5.82 Å². The first-order chi connectivity index (χ1) is 10.8. The van der Waals surface area contributed by atoms with Crippen LogP contribution in [0.1, 0.15) is 32.1 Å². The zero-order valence-electron chi connectivity index (χ0n) is 12.9. The highest BCUT2D eigenvalue weighted by atomic mass is 16.2. The Labute approximate surface area is 131 Å². The quantitative estimate of drug-likeness (QED) is 0.874. The topological polar surface area (TPSA) is 84.1 Å². The van der Waals surface area contributed by atoms with Crippen molar-refractivity contribution in [1.82, 2.24) is 15.1 Å². The summed E-state index contributed by atoms with van der Waals surface area (Å²) in [5.74, 6) is 1.69. The van der Waals surface area contributed by atoms with Crippen LogP contribution in [-0.4, -0.2) is 46.7 Å². The highest BCUT2D eigenvalue weighted by Gasteiger charge is 2.35. The molecule has 120 valence electrons. The van der Waals surface area contributed by atoms with Crippen molar-refractivity contribution in [2.45, 2.75) is 38.1 Å². The standard InChI is InChI=1S/C16H25N5O/c17-11-12-3-1-4-14(12)16(22)21-9-6-13(7-10-21)19-15-5-2-8-18-20-15/h2,5,8,12-14H,1,3-4,6-7,9-11,17H2,(H,19,20)/t12-,14-/m1/s1. The molecule has 3 rings (SSSR count). The van der Waals surface area contributed by atoms with E-state index in [0.29, 0.717) is 24.4 Å².